The van der Waals surface area contributed by atoms with Gasteiger partial charge in [-0.05, 0) is 48.3 Å². The molecule has 0 spiro atoms. The summed E-state index contributed by atoms with van der Waals surface area (Å²) < 4.78 is 17.0. The summed E-state index contributed by atoms with van der Waals surface area (Å²) in [7, 11) is 5.41. The zero-order valence-electron chi connectivity index (χ0n) is 17.8. The minimum Gasteiger partial charge on any atom is -0.355 e. The number of carbonyl (C=O) groups is 1. The molecule has 0 bridgehead atoms. The van der Waals surface area contributed by atoms with Crippen LogP contribution in [-0.4, -0.2) is 46.2 Å². The Kier molecular flexibility index (Phi) is 7.44. The van der Waals surface area contributed by atoms with Gasteiger partial charge in [-0.25, -0.2) is 9.37 Å². The van der Waals surface area contributed by atoms with Crippen LogP contribution in [0.2, 0.25) is 0 Å². The third-order valence-electron chi connectivity index (χ3n) is 4.76. The maximum atomic E-state index is 14.5. The summed E-state index contributed by atoms with van der Waals surface area (Å²) in [6.45, 7) is 3.77. The molecule has 2 heterocycles. The van der Waals surface area contributed by atoms with Crippen molar-refractivity contribution in [2.24, 2.45) is 7.05 Å². The lowest BCUT2D eigenvalue weighted by molar-refractivity contribution is 0.0963. The predicted molar refractivity (Wildman–Crippen MR) is 129 cm³/mol. The van der Waals surface area contributed by atoms with Gasteiger partial charge in [-0.2, -0.15) is 5.10 Å². The molecule has 0 saturated carbocycles. The summed E-state index contributed by atoms with van der Waals surface area (Å²) in [6, 6.07) is 8.13. The summed E-state index contributed by atoms with van der Waals surface area (Å²) in [5.74, 6) is 0.471. The Morgan fingerprint density at radius 2 is 2.06 bits per heavy atom. The highest BCUT2D eigenvalue weighted by molar-refractivity contribution is 14.1. The maximum absolute atomic E-state index is 14.5. The van der Waals surface area contributed by atoms with Crippen molar-refractivity contribution >= 4 is 51.5 Å². The molecular formula is C21H25FIN7O. The Bertz CT molecular complexity index is 1090. The zero-order chi connectivity index (χ0) is 22.5. The molecule has 0 aliphatic carbocycles. The van der Waals surface area contributed by atoms with E-state index in [4.69, 9.17) is 0 Å². The van der Waals surface area contributed by atoms with Gasteiger partial charge in [0.05, 0.1) is 26.2 Å². The van der Waals surface area contributed by atoms with Crippen molar-refractivity contribution in [3.8, 4) is 0 Å². The molecule has 8 nitrogen and oxygen atoms in total. The molecule has 1 aromatic carbocycles. The van der Waals surface area contributed by atoms with E-state index >= 15 is 0 Å². The molecule has 0 unspecified atom stereocenters. The molecule has 2 aromatic heterocycles. The second-order valence-electron chi connectivity index (χ2n) is 7.02. The average Bonchev–Trinajstić information content (AvgIpc) is 3.09. The normalized spacial score (nSPS) is 10.9. The lowest BCUT2D eigenvalue weighted by Crippen LogP contribution is -2.19. The number of nitrogens with one attached hydrogen (secondary N) is 3. The molecule has 0 aliphatic heterocycles. The fraction of sp³-hybridized carbons (Fsp3) is 0.286. The Balaban J connectivity index is 1.87. The Labute approximate surface area is 194 Å². The first kappa shape index (κ1) is 22.9. The zero-order valence-corrected chi connectivity index (χ0v) is 20.0. The van der Waals surface area contributed by atoms with E-state index in [1.54, 1.807) is 23.0 Å². The van der Waals surface area contributed by atoms with E-state index in [0.717, 1.165) is 28.2 Å². The minimum atomic E-state index is -0.514. The van der Waals surface area contributed by atoms with Crippen LogP contribution in [0, 0.1) is 9.39 Å². The van der Waals surface area contributed by atoms with E-state index in [1.165, 1.54) is 19.2 Å². The number of aryl methyl sites for hydroxylation is 1. The molecule has 3 aromatic rings. The molecule has 3 N–H and O–H groups in total. The number of anilines is 4. The number of rotatable bonds is 8. The first-order valence-corrected chi connectivity index (χ1v) is 10.8. The fourth-order valence-electron chi connectivity index (χ4n) is 2.95. The third kappa shape index (κ3) is 5.50. The quantitative estimate of drug-likeness (QED) is 0.379. The number of pyridine rings is 1. The van der Waals surface area contributed by atoms with Gasteiger partial charge >= 0.3 is 0 Å². The number of benzene rings is 1. The summed E-state index contributed by atoms with van der Waals surface area (Å²) in [5, 5.41) is 13.4. The molecule has 0 atom stereocenters. The number of nitrogens with zero attached hydrogens (tertiary/aromatic N) is 4. The molecule has 164 valence electrons. The number of halogens is 2. The number of para-hydroxylation sites is 1. The second-order valence-corrected chi connectivity index (χ2v) is 8.18. The van der Waals surface area contributed by atoms with Crippen LogP contribution in [0.3, 0.4) is 0 Å². The van der Waals surface area contributed by atoms with Gasteiger partial charge in [-0.3, -0.25) is 9.48 Å². The van der Waals surface area contributed by atoms with Crippen molar-refractivity contribution in [2.75, 3.05) is 31.3 Å². The number of hydrogen-bond donors (Lipinski definition) is 3. The third-order valence-corrected chi connectivity index (χ3v) is 5.62. The Morgan fingerprint density at radius 1 is 1.29 bits per heavy atom. The highest BCUT2D eigenvalue weighted by Gasteiger charge is 2.16. The number of amides is 1. The summed E-state index contributed by atoms with van der Waals surface area (Å²) in [4.78, 5) is 18.7. The van der Waals surface area contributed by atoms with E-state index in [9.17, 15) is 9.18 Å². The lowest BCUT2D eigenvalue weighted by Gasteiger charge is -2.15. The first-order valence-electron chi connectivity index (χ1n) is 9.74. The van der Waals surface area contributed by atoms with Gasteiger partial charge in [0.2, 0.25) is 0 Å². The SMILES string of the molecule is CCN(C)Cc1cc(Nc2cc(Nc3c(F)cccc3C(=O)NC)c(I)cn2)n(C)n1. The van der Waals surface area contributed by atoms with Gasteiger partial charge in [-0.1, -0.05) is 13.0 Å². The second kappa shape index (κ2) is 10.1. The average molecular weight is 537 g/mol. The number of hydrogen-bond acceptors (Lipinski definition) is 6. The molecule has 1 amide bonds. The van der Waals surface area contributed by atoms with Crippen molar-refractivity contribution in [3.05, 3.63) is 57.2 Å². The van der Waals surface area contributed by atoms with E-state index in [1.807, 2.05) is 20.2 Å². The van der Waals surface area contributed by atoms with E-state index < -0.39 is 5.82 Å². The lowest BCUT2D eigenvalue weighted by atomic mass is 10.1. The van der Waals surface area contributed by atoms with Gasteiger partial charge in [0.15, 0.2) is 0 Å². The summed E-state index contributed by atoms with van der Waals surface area (Å²) in [5.41, 5.74) is 1.91. The predicted octanol–water partition coefficient (Wildman–Crippen LogP) is 3.86. The van der Waals surface area contributed by atoms with Gasteiger partial charge in [0.1, 0.15) is 17.5 Å². The number of aromatic nitrogens is 3. The molecule has 0 fully saturated rings. The smallest absolute Gasteiger partial charge is 0.253 e. The van der Waals surface area contributed by atoms with Crippen LogP contribution in [0.4, 0.5) is 27.4 Å². The van der Waals surface area contributed by atoms with E-state index in [0.29, 0.717) is 11.5 Å². The molecule has 31 heavy (non-hydrogen) atoms. The van der Waals surface area contributed by atoms with Crippen molar-refractivity contribution < 1.29 is 9.18 Å². The topological polar surface area (TPSA) is 87.1 Å². The van der Waals surface area contributed by atoms with Crippen LogP contribution >= 0.6 is 22.6 Å². The van der Waals surface area contributed by atoms with Crippen molar-refractivity contribution in [2.45, 2.75) is 13.5 Å². The standard InChI is InChI=1S/C21H25FIN7O/c1-5-29(3)12-13-9-19(30(4)28-13)27-18-10-17(16(23)11-25-18)26-20-14(21(31)24-2)7-6-8-15(20)22/h6-11H,5,12H2,1-4H3,(H,24,31)(H2,25,26,27). The highest BCUT2D eigenvalue weighted by atomic mass is 127. The molecular weight excluding hydrogens is 512 g/mol. The van der Waals surface area contributed by atoms with E-state index in [-0.39, 0.29) is 17.2 Å². The molecule has 0 radical (unpaired) electrons. The van der Waals surface area contributed by atoms with Crippen molar-refractivity contribution in [3.63, 3.8) is 0 Å². The largest absolute Gasteiger partial charge is 0.355 e. The van der Waals surface area contributed by atoms with Crippen LogP contribution in [0.25, 0.3) is 0 Å². The number of carbonyl (C=O) groups excluding carboxylic acids is 1. The van der Waals surface area contributed by atoms with Gasteiger partial charge in [0.25, 0.3) is 5.91 Å². The minimum absolute atomic E-state index is 0.113. The monoisotopic (exact) mass is 537 g/mol. The Hall–Kier alpha value is -2.73. The van der Waals surface area contributed by atoms with Crippen LogP contribution < -0.4 is 16.0 Å². The van der Waals surface area contributed by atoms with Crippen LogP contribution in [-0.2, 0) is 13.6 Å². The van der Waals surface area contributed by atoms with Crippen molar-refractivity contribution in [1.82, 2.24) is 25.0 Å². The molecule has 0 saturated heterocycles. The summed E-state index contributed by atoms with van der Waals surface area (Å²) >= 11 is 2.11. The molecule has 10 heteroatoms. The van der Waals surface area contributed by atoms with Gasteiger partial charge in [0, 0.05) is 39.0 Å². The Morgan fingerprint density at radius 3 is 2.77 bits per heavy atom. The molecule has 0 aliphatic rings. The van der Waals surface area contributed by atoms with Crippen LogP contribution in [0.1, 0.15) is 23.0 Å². The van der Waals surface area contributed by atoms with E-state index in [2.05, 4.69) is 60.4 Å². The molecule has 3 rings (SSSR count). The van der Waals surface area contributed by atoms with Crippen LogP contribution in [0.15, 0.2) is 36.5 Å². The van der Waals surface area contributed by atoms with Crippen molar-refractivity contribution in [1.29, 1.82) is 0 Å². The van der Waals surface area contributed by atoms with Gasteiger partial charge in [-0.15, -0.1) is 0 Å². The fourth-order valence-corrected chi connectivity index (χ4v) is 3.38. The van der Waals surface area contributed by atoms with Gasteiger partial charge < -0.3 is 20.9 Å². The first-order chi connectivity index (χ1) is 14.8. The highest BCUT2D eigenvalue weighted by Crippen LogP contribution is 2.29. The summed E-state index contributed by atoms with van der Waals surface area (Å²) in [6.07, 6.45) is 1.67. The van der Waals surface area contributed by atoms with Crippen LogP contribution in [0.5, 0.6) is 0 Å². The maximum Gasteiger partial charge on any atom is 0.253 e.